The van der Waals surface area contributed by atoms with E-state index in [1.807, 2.05) is 24.3 Å². The van der Waals surface area contributed by atoms with Gasteiger partial charge >= 0.3 is 6.01 Å². The standard InChI is InChI=1S/C23H25FN4O4S2/c1-15(2)33-18-9-5-16(6-10-18)14-21-26-27-23(32-21)25-22(29)20-4-3-13-28(20)34(30,31)19-11-7-17(24)8-12-19/h5-12,15,20H,3-4,13-14H2,1-2H3,(H,25,27,29). The van der Waals surface area contributed by atoms with Gasteiger partial charge in [-0.15, -0.1) is 16.9 Å². The number of hydrogen-bond donors (Lipinski definition) is 1. The average molecular weight is 505 g/mol. The SMILES string of the molecule is CC(C)Sc1ccc(Cc2nnc(NC(=O)C3CCCN3S(=O)(=O)c3ccc(F)cc3)o2)cc1. The fraction of sp³-hybridized carbons (Fsp3) is 0.348. The smallest absolute Gasteiger partial charge is 0.322 e. The van der Waals surface area contributed by atoms with Crippen molar-refractivity contribution < 1.29 is 22.0 Å². The van der Waals surface area contributed by atoms with E-state index < -0.39 is 27.8 Å². The number of nitrogens with one attached hydrogen (secondary N) is 1. The van der Waals surface area contributed by atoms with E-state index in [0.29, 0.717) is 30.4 Å². The Kier molecular flexibility index (Phi) is 7.34. The molecular weight excluding hydrogens is 479 g/mol. The number of hydrogen-bond acceptors (Lipinski definition) is 7. The van der Waals surface area contributed by atoms with Gasteiger partial charge in [-0.05, 0) is 54.8 Å². The molecule has 0 radical (unpaired) electrons. The Bertz CT molecular complexity index is 1240. The van der Waals surface area contributed by atoms with Gasteiger partial charge in [-0.25, -0.2) is 12.8 Å². The van der Waals surface area contributed by atoms with Crippen molar-refractivity contribution in [1.82, 2.24) is 14.5 Å². The van der Waals surface area contributed by atoms with Crippen molar-refractivity contribution in [1.29, 1.82) is 0 Å². The van der Waals surface area contributed by atoms with Gasteiger partial charge in [-0.1, -0.05) is 31.1 Å². The Morgan fingerprint density at radius 2 is 1.88 bits per heavy atom. The van der Waals surface area contributed by atoms with Crippen LogP contribution < -0.4 is 5.32 Å². The van der Waals surface area contributed by atoms with E-state index in [-0.39, 0.29) is 17.5 Å². The first-order valence-corrected chi connectivity index (χ1v) is 13.2. The lowest BCUT2D eigenvalue weighted by molar-refractivity contribution is -0.119. The van der Waals surface area contributed by atoms with E-state index in [2.05, 4.69) is 29.4 Å². The molecule has 0 bridgehead atoms. The van der Waals surface area contributed by atoms with E-state index in [1.165, 1.54) is 17.0 Å². The highest BCUT2D eigenvalue weighted by atomic mass is 32.2. The first-order valence-electron chi connectivity index (χ1n) is 10.9. The maximum Gasteiger partial charge on any atom is 0.322 e. The topological polar surface area (TPSA) is 105 Å². The summed E-state index contributed by atoms with van der Waals surface area (Å²) in [6.45, 7) is 4.46. The van der Waals surface area contributed by atoms with E-state index in [1.54, 1.807) is 11.8 Å². The molecule has 1 amide bonds. The Morgan fingerprint density at radius 3 is 2.56 bits per heavy atom. The summed E-state index contributed by atoms with van der Waals surface area (Å²) in [5, 5.41) is 10.9. The third-order valence-corrected chi connectivity index (χ3v) is 8.21. The van der Waals surface area contributed by atoms with E-state index >= 15 is 0 Å². The highest BCUT2D eigenvalue weighted by Crippen LogP contribution is 2.27. The molecule has 0 spiro atoms. The number of aromatic nitrogens is 2. The molecule has 1 fully saturated rings. The molecule has 11 heteroatoms. The van der Waals surface area contributed by atoms with Crippen molar-refractivity contribution in [2.24, 2.45) is 0 Å². The minimum absolute atomic E-state index is 0.0634. The first kappa shape index (κ1) is 24.4. The fourth-order valence-electron chi connectivity index (χ4n) is 3.73. The van der Waals surface area contributed by atoms with Crippen LogP contribution in [0.3, 0.4) is 0 Å². The monoisotopic (exact) mass is 504 g/mol. The normalized spacial score (nSPS) is 16.8. The van der Waals surface area contributed by atoms with Crippen molar-refractivity contribution in [2.45, 2.75) is 54.2 Å². The molecule has 180 valence electrons. The van der Waals surface area contributed by atoms with E-state index in [4.69, 9.17) is 4.42 Å². The van der Waals surface area contributed by atoms with Gasteiger partial charge in [0.1, 0.15) is 11.9 Å². The summed E-state index contributed by atoms with van der Waals surface area (Å²) in [5.41, 5.74) is 0.988. The Balaban J connectivity index is 1.40. The van der Waals surface area contributed by atoms with Crippen LogP contribution in [0.1, 0.15) is 38.1 Å². The lowest BCUT2D eigenvalue weighted by Gasteiger charge is -2.22. The van der Waals surface area contributed by atoms with Crippen LogP contribution in [0.25, 0.3) is 0 Å². The van der Waals surface area contributed by atoms with Crippen LogP contribution in [0, 0.1) is 5.82 Å². The largest absolute Gasteiger partial charge is 0.407 e. The molecule has 2 aromatic carbocycles. The molecule has 1 unspecified atom stereocenters. The number of sulfonamides is 1. The highest BCUT2D eigenvalue weighted by molar-refractivity contribution is 7.99. The molecule has 4 rings (SSSR count). The number of carbonyl (C=O) groups is 1. The van der Waals surface area contributed by atoms with Crippen LogP contribution in [0.2, 0.25) is 0 Å². The Hall–Kier alpha value is -2.76. The second-order valence-electron chi connectivity index (χ2n) is 8.21. The van der Waals surface area contributed by atoms with Crippen LogP contribution in [-0.2, 0) is 21.2 Å². The molecule has 3 aromatic rings. The predicted molar refractivity (Wildman–Crippen MR) is 126 cm³/mol. The van der Waals surface area contributed by atoms with Gasteiger partial charge in [0.2, 0.25) is 21.8 Å². The van der Waals surface area contributed by atoms with Gasteiger partial charge in [0.05, 0.1) is 11.3 Å². The maximum absolute atomic E-state index is 13.2. The lowest BCUT2D eigenvalue weighted by Crippen LogP contribution is -2.43. The molecule has 1 aromatic heterocycles. The fourth-order valence-corrected chi connectivity index (χ4v) is 6.22. The lowest BCUT2D eigenvalue weighted by atomic mass is 10.1. The molecule has 1 aliphatic heterocycles. The van der Waals surface area contributed by atoms with Crippen molar-refractivity contribution in [3.63, 3.8) is 0 Å². The quantitative estimate of drug-likeness (QED) is 0.461. The molecule has 0 saturated carbocycles. The molecular formula is C23H25FN4O4S2. The van der Waals surface area contributed by atoms with E-state index in [0.717, 1.165) is 22.0 Å². The van der Waals surface area contributed by atoms with Crippen LogP contribution in [0.15, 0.2) is 62.7 Å². The Morgan fingerprint density at radius 1 is 1.18 bits per heavy atom. The van der Waals surface area contributed by atoms with Crippen LogP contribution in [-0.4, -0.2) is 46.7 Å². The number of carbonyl (C=O) groups excluding carboxylic acids is 1. The second kappa shape index (κ2) is 10.2. The zero-order valence-electron chi connectivity index (χ0n) is 18.8. The molecule has 0 aliphatic carbocycles. The van der Waals surface area contributed by atoms with Crippen molar-refractivity contribution in [3.8, 4) is 0 Å². The van der Waals surface area contributed by atoms with Crippen molar-refractivity contribution in [2.75, 3.05) is 11.9 Å². The summed E-state index contributed by atoms with van der Waals surface area (Å²) in [6.07, 6.45) is 1.29. The van der Waals surface area contributed by atoms with Crippen LogP contribution >= 0.6 is 11.8 Å². The van der Waals surface area contributed by atoms with Gasteiger partial charge in [0, 0.05) is 16.7 Å². The maximum atomic E-state index is 13.2. The first-order chi connectivity index (χ1) is 16.2. The Labute approximate surface area is 202 Å². The number of amides is 1. The number of nitrogens with zero attached hydrogens (tertiary/aromatic N) is 3. The number of thioether (sulfide) groups is 1. The molecule has 1 aliphatic rings. The third-order valence-electron chi connectivity index (χ3n) is 5.27. The summed E-state index contributed by atoms with van der Waals surface area (Å²) < 4.78 is 45.8. The molecule has 1 N–H and O–H groups in total. The van der Waals surface area contributed by atoms with Crippen LogP contribution in [0.4, 0.5) is 10.4 Å². The van der Waals surface area contributed by atoms with E-state index in [9.17, 15) is 17.6 Å². The second-order valence-corrected chi connectivity index (χ2v) is 11.7. The molecule has 1 saturated heterocycles. The summed E-state index contributed by atoms with van der Waals surface area (Å²) in [5.74, 6) is -0.748. The van der Waals surface area contributed by atoms with Crippen molar-refractivity contribution >= 4 is 33.7 Å². The summed E-state index contributed by atoms with van der Waals surface area (Å²) >= 11 is 1.77. The zero-order valence-corrected chi connectivity index (χ0v) is 20.4. The van der Waals surface area contributed by atoms with Crippen LogP contribution in [0.5, 0.6) is 0 Å². The van der Waals surface area contributed by atoms with Gasteiger partial charge in [0.25, 0.3) is 0 Å². The summed E-state index contributed by atoms with van der Waals surface area (Å²) in [7, 11) is -3.95. The number of anilines is 1. The molecule has 34 heavy (non-hydrogen) atoms. The zero-order chi connectivity index (χ0) is 24.3. The molecule has 2 heterocycles. The molecule has 8 nitrogen and oxygen atoms in total. The van der Waals surface area contributed by atoms with Gasteiger partial charge in [-0.2, -0.15) is 4.31 Å². The number of rotatable bonds is 8. The van der Waals surface area contributed by atoms with Gasteiger partial charge in [0.15, 0.2) is 0 Å². The summed E-state index contributed by atoms with van der Waals surface area (Å²) in [6, 6.07) is 11.6. The molecule has 1 atom stereocenters. The number of halogens is 1. The van der Waals surface area contributed by atoms with Crippen molar-refractivity contribution in [3.05, 3.63) is 65.8 Å². The summed E-state index contributed by atoms with van der Waals surface area (Å²) in [4.78, 5) is 14.0. The minimum Gasteiger partial charge on any atom is -0.407 e. The third kappa shape index (κ3) is 5.65. The van der Waals surface area contributed by atoms with Gasteiger partial charge in [-0.3, -0.25) is 10.1 Å². The minimum atomic E-state index is -3.95. The predicted octanol–water partition coefficient (Wildman–Crippen LogP) is 4.09. The number of benzene rings is 2. The average Bonchev–Trinajstić information content (AvgIpc) is 3.45. The van der Waals surface area contributed by atoms with Gasteiger partial charge < -0.3 is 4.42 Å². The highest BCUT2D eigenvalue weighted by Gasteiger charge is 2.39.